The van der Waals surface area contributed by atoms with E-state index in [4.69, 9.17) is 0 Å². The van der Waals surface area contributed by atoms with Gasteiger partial charge in [0.05, 0.1) is 0 Å². The minimum Gasteiger partial charge on any atom is -0.303 e. The molecule has 0 fully saturated rings. The minimum atomic E-state index is 0.232. The molecular weight excluding hydrogens is 215 g/mol. The summed E-state index contributed by atoms with van der Waals surface area (Å²) in [6, 6.07) is 0. The third kappa shape index (κ3) is 1.10. The number of halogens is 1. The molecule has 1 nitrogen and oxygen atoms in total. The van der Waals surface area contributed by atoms with Crippen LogP contribution in [0.15, 0.2) is 9.66 Å². The van der Waals surface area contributed by atoms with Crippen molar-refractivity contribution in [1.82, 2.24) is 0 Å². The van der Waals surface area contributed by atoms with Crippen LogP contribution < -0.4 is 0 Å². The van der Waals surface area contributed by atoms with Gasteiger partial charge >= 0.3 is 0 Å². The van der Waals surface area contributed by atoms with E-state index >= 15 is 0 Å². The van der Waals surface area contributed by atoms with Crippen LogP contribution in [-0.4, -0.2) is 6.29 Å². The first-order valence-corrected chi connectivity index (χ1v) is 3.73. The van der Waals surface area contributed by atoms with Crippen LogP contribution in [0.5, 0.6) is 0 Å². The summed E-state index contributed by atoms with van der Waals surface area (Å²) in [4.78, 5) is 10.2. The molecule has 8 heavy (non-hydrogen) atoms. The Morgan fingerprint density at radius 2 is 2.62 bits per heavy atom. The summed E-state index contributed by atoms with van der Waals surface area (Å²) in [5.74, 6) is 0.232. The van der Waals surface area contributed by atoms with E-state index in [9.17, 15) is 4.79 Å². The van der Waals surface area contributed by atoms with Crippen molar-refractivity contribution in [3.8, 4) is 0 Å². The molecule has 1 aliphatic carbocycles. The first-order valence-electron chi connectivity index (χ1n) is 2.65. The average Bonchev–Trinajstić information content (AvgIpc) is 2.14. The van der Waals surface area contributed by atoms with Crippen molar-refractivity contribution >= 4 is 28.9 Å². The lowest BCUT2D eigenvalue weighted by molar-refractivity contribution is -0.109. The Bertz CT molecular complexity index is 128. The number of carbonyl (C=O) groups excluding carboxylic acids is 1. The van der Waals surface area contributed by atoms with Crippen LogP contribution in [0.25, 0.3) is 0 Å². The number of allylic oxidation sites excluding steroid dienone is 2. The van der Waals surface area contributed by atoms with E-state index in [0.29, 0.717) is 0 Å². The maximum absolute atomic E-state index is 10.2. The Morgan fingerprint density at radius 1 is 1.88 bits per heavy atom. The van der Waals surface area contributed by atoms with Gasteiger partial charge in [-0.25, -0.2) is 0 Å². The third-order valence-corrected chi connectivity index (χ3v) is 2.58. The quantitative estimate of drug-likeness (QED) is 0.489. The Hall–Kier alpha value is 0.140. The highest BCUT2D eigenvalue weighted by Crippen LogP contribution is 2.28. The molecule has 1 rings (SSSR count). The zero-order valence-corrected chi connectivity index (χ0v) is 6.59. The highest BCUT2D eigenvalue weighted by Gasteiger charge is 2.14. The predicted octanol–water partition coefficient (Wildman–Crippen LogP) is 1.91. The van der Waals surface area contributed by atoms with Gasteiger partial charge in [0.25, 0.3) is 0 Å². The van der Waals surface area contributed by atoms with E-state index in [0.717, 1.165) is 19.1 Å². The predicted molar refractivity (Wildman–Crippen MR) is 40.9 cm³/mol. The van der Waals surface area contributed by atoms with Gasteiger partial charge in [0.15, 0.2) is 0 Å². The first-order chi connectivity index (χ1) is 3.84. The van der Waals surface area contributed by atoms with E-state index in [2.05, 4.69) is 28.7 Å². The second kappa shape index (κ2) is 2.62. The first kappa shape index (κ1) is 6.26. The molecule has 1 aliphatic rings. The van der Waals surface area contributed by atoms with Crippen LogP contribution in [0.4, 0.5) is 0 Å². The van der Waals surface area contributed by atoms with Crippen LogP contribution in [0.1, 0.15) is 12.8 Å². The van der Waals surface area contributed by atoms with Crippen LogP contribution in [0.3, 0.4) is 0 Å². The molecule has 0 heterocycles. The second-order valence-electron chi connectivity index (χ2n) is 1.91. The summed E-state index contributed by atoms with van der Waals surface area (Å²) < 4.78 is 1.22. The van der Waals surface area contributed by atoms with Gasteiger partial charge in [0.2, 0.25) is 0 Å². The summed E-state index contributed by atoms with van der Waals surface area (Å²) >= 11 is 2.22. The fourth-order valence-electron chi connectivity index (χ4n) is 0.823. The lowest BCUT2D eigenvalue weighted by Gasteiger charge is -1.95. The smallest absolute Gasteiger partial charge is 0.127 e. The number of aldehydes is 1. The van der Waals surface area contributed by atoms with E-state index in [1.165, 1.54) is 3.58 Å². The van der Waals surface area contributed by atoms with Crippen molar-refractivity contribution in [2.45, 2.75) is 12.8 Å². The largest absolute Gasteiger partial charge is 0.303 e. The molecule has 0 N–H and O–H groups in total. The second-order valence-corrected chi connectivity index (χ2v) is 3.15. The molecule has 0 saturated heterocycles. The lowest BCUT2D eigenvalue weighted by atomic mass is 10.2. The van der Waals surface area contributed by atoms with Gasteiger partial charge in [-0.15, -0.1) is 0 Å². The van der Waals surface area contributed by atoms with E-state index in [1.54, 1.807) is 0 Å². The van der Waals surface area contributed by atoms with Gasteiger partial charge in [0, 0.05) is 5.92 Å². The van der Waals surface area contributed by atoms with Crippen molar-refractivity contribution in [3.63, 3.8) is 0 Å². The van der Waals surface area contributed by atoms with Gasteiger partial charge in [-0.2, -0.15) is 0 Å². The molecule has 0 aliphatic heterocycles. The third-order valence-electron chi connectivity index (χ3n) is 1.34. The van der Waals surface area contributed by atoms with Crippen molar-refractivity contribution in [1.29, 1.82) is 0 Å². The standard InChI is InChI=1S/C6H7IO/c7-6-3-1-2-5(6)4-8/h3-5H,1-2H2. The molecule has 1 unspecified atom stereocenters. The van der Waals surface area contributed by atoms with Crippen molar-refractivity contribution in [2.75, 3.05) is 0 Å². The molecular formula is C6H7IO. The van der Waals surface area contributed by atoms with E-state index in [-0.39, 0.29) is 5.92 Å². The molecule has 44 valence electrons. The minimum absolute atomic E-state index is 0.232. The Labute approximate surface area is 62.3 Å². The maximum Gasteiger partial charge on any atom is 0.127 e. The number of hydrogen-bond donors (Lipinski definition) is 0. The highest BCUT2D eigenvalue weighted by atomic mass is 127. The summed E-state index contributed by atoms with van der Waals surface area (Å²) in [5.41, 5.74) is 0. The Kier molecular flexibility index (Phi) is 2.05. The van der Waals surface area contributed by atoms with Crippen molar-refractivity contribution in [2.24, 2.45) is 5.92 Å². The molecule has 0 aromatic rings. The molecule has 0 amide bonds. The van der Waals surface area contributed by atoms with Gasteiger partial charge in [0.1, 0.15) is 6.29 Å². The zero-order chi connectivity index (χ0) is 5.98. The van der Waals surface area contributed by atoms with Crippen LogP contribution in [0.2, 0.25) is 0 Å². The Morgan fingerprint density at radius 3 is 2.88 bits per heavy atom. The molecule has 0 aromatic carbocycles. The molecule has 0 saturated carbocycles. The van der Waals surface area contributed by atoms with Crippen LogP contribution in [-0.2, 0) is 4.79 Å². The van der Waals surface area contributed by atoms with Crippen molar-refractivity contribution in [3.05, 3.63) is 9.66 Å². The number of hydrogen-bond acceptors (Lipinski definition) is 1. The molecule has 0 spiro atoms. The SMILES string of the molecule is O=CC1CCC=C1I. The zero-order valence-electron chi connectivity index (χ0n) is 4.43. The molecule has 2 heteroatoms. The topological polar surface area (TPSA) is 17.1 Å². The normalized spacial score (nSPS) is 27.6. The van der Waals surface area contributed by atoms with E-state index < -0.39 is 0 Å². The number of carbonyl (C=O) groups is 1. The maximum atomic E-state index is 10.2. The summed E-state index contributed by atoms with van der Waals surface area (Å²) in [6.45, 7) is 0. The highest BCUT2D eigenvalue weighted by molar-refractivity contribution is 14.1. The summed E-state index contributed by atoms with van der Waals surface area (Å²) in [6.07, 6.45) is 5.27. The molecule has 0 aromatic heterocycles. The number of rotatable bonds is 1. The van der Waals surface area contributed by atoms with Gasteiger partial charge in [-0.3, -0.25) is 0 Å². The monoisotopic (exact) mass is 222 g/mol. The van der Waals surface area contributed by atoms with Gasteiger partial charge in [-0.05, 0) is 39.0 Å². The van der Waals surface area contributed by atoms with Crippen LogP contribution in [0, 0.1) is 5.92 Å². The average molecular weight is 222 g/mol. The Balaban J connectivity index is 2.58. The van der Waals surface area contributed by atoms with Gasteiger partial charge < -0.3 is 4.79 Å². The fraction of sp³-hybridized carbons (Fsp3) is 0.500. The summed E-state index contributed by atoms with van der Waals surface area (Å²) in [7, 11) is 0. The van der Waals surface area contributed by atoms with E-state index in [1.807, 2.05) is 0 Å². The van der Waals surface area contributed by atoms with Gasteiger partial charge in [-0.1, -0.05) is 6.08 Å². The lowest BCUT2D eigenvalue weighted by Crippen LogP contribution is -1.94. The summed E-state index contributed by atoms with van der Waals surface area (Å²) in [5, 5.41) is 0. The molecule has 1 atom stereocenters. The van der Waals surface area contributed by atoms with Crippen LogP contribution >= 0.6 is 22.6 Å². The fourth-order valence-corrected chi connectivity index (χ4v) is 1.59. The molecule has 0 bridgehead atoms. The van der Waals surface area contributed by atoms with Crippen molar-refractivity contribution < 1.29 is 4.79 Å². The molecule has 0 radical (unpaired) electrons.